The third-order valence-electron chi connectivity index (χ3n) is 3.71. The number of amides is 1. The first-order valence-electron chi connectivity index (χ1n) is 7.57. The second kappa shape index (κ2) is 8.52. The summed E-state index contributed by atoms with van der Waals surface area (Å²) in [6.45, 7) is 10.3. The van der Waals surface area contributed by atoms with Crippen LogP contribution in [0.5, 0.6) is 11.5 Å². The number of phenols is 2. The lowest BCUT2D eigenvalue weighted by Gasteiger charge is -2.24. The molecule has 0 aromatic heterocycles. The Hall–Kier alpha value is -1.75. The van der Waals surface area contributed by atoms with Crippen molar-refractivity contribution in [3.8, 4) is 11.5 Å². The van der Waals surface area contributed by atoms with E-state index in [1.165, 1.54) is 12.1 Å². The van der Waals surface area contributed by atoms with Crippen LogP contribution in [0.25, 0.3) is 0 Å². The fourth-order valence-corrected chi connectivity index (χ4v) is 2.30. The van der Waals surface area contributed by atoms with Gasteiger partial charge in [0.25, 0.3) is 5.91 Å². The van der Waals surface area contributed by atoms with Crippen LogP contribution in [0.1, 0.15) is 37.6 Å². The predicted octanol–water partition coefficient (Wildman–Crippen LogP) is 2.29. The second-order valence-electron chi connectivity index (χ2n) is 4.94. The Balaban J connectivity index is 2.67. The van der Waals surface area contributed by atoms with Crippen molar-refractivity contribution in [2.45, 2.75) is 27.2 Å². The molecule has 0 saturated heterocycles. The van der Waals surface area contributed by atoms with Gasteiger partial charge >= 0.3 is 0 Å². The number of nitrogens with zero attached hydrogens (tertiary/aromatic N) is 2. The highest BCUT2D eigenvalue weighted by Crippen LogP contribution is 2.29. The van der Waals surface area contributed by atoms with Gasteiger partial charge in [0, 0.05) is 13.1 Å². The molecular weight excluding hydrogens is 268 g/mol. The van der Waals surface area contributed by atoms with Crippen molar-refractivity contribution in [3.05, 3.63) is 23.8 Å². The molecule has 0 aliphatic rings. The molecule has 2 N–H and O–H groups in total. The van der Waals surface area contributed by atoms with Gasteiger partial charge in [0.1, 0.15) is 0 Å². The molecule has 0 aliphatic carbocycles. The molecule has 21 heavy (non-hydrogen) atoms. The van der Waals surface area contributed by atoms with Gasteiger partial charge in [-0.15, -0.1) is 0 Å². The summed E-state index contributed by atoms with van der Waals surface area (Å²) in [7, 11) is 0. The van der Waals surface area contributed by atoms with Crippen molar-refractivity contribution in [1.82, 2.24) is 9.80 Å². The van der Waals surface area contributed by atoms with E-state index in [1.807, 2.05) is 6.92 Å². The number of para-hydroxylation sites is 1. The molecular formula is C16H26N2O3. The van der Waals surface area contributed by atoms with Gasteiger partial charge in [-0.3, -0.25) is 4.79 Å². The van der Waals surface area contributed by atoms with Crippen LogP contribution in [0.3, 0.4) is 0 Å². The van der Waals surface area contributed by atoms with Crippen LogP contribution in [-0.2, 0) is 0 Å². The summed E-state index contributed by atoms with van der Waals surface area (Å²) in [5, 5.41) is 19.3. The topological polar surface area (TPSA) is 64.0 Å². The minimum absolute atomic E-state index is 0.152. The van der Waals surface area contributed by atoms with Crippen LogP contribution in [0, 0.1) is 0 Å². The Morgan fingerprint density at radius 1 is 1.05 bits per heavy atom. The van der Waals surface area contributed by atoms with E-state index in [0.717, 1.165) is 26.1 Å². The van der Waals surface area contributed by atoms with Gasteiger partial charge in [0.05, 0.1) is 5.56 Å². The Morgan fingerprint density at radius 3 is 2.29 bits per heavy atom. The van der Waals surface area contributed by atoms with E-state index in [-0.39, 0.29) is 23.0 Å². The molecule has 0 unspecified atom stereocenters. The highest BCUT2D eigenvalue weighted by atomic mass is 16.3. The van der Waals surface area contributed by atoms with Crippen LogP contribution in [0.4, 0.5) is 0 Å². The summed E-state index contributed by atoms with van der Waals surface area (Å²) < 4.78 is 0. The molecule has 0 aliphatic heterocycles. The van der Waals surface area contributed by atoms with Gasteiger partial charge in [-0.2, -0.15) is 0 Å². The number of rotatable bonds is 8. The van der Waals surface area contributed by atoms with Crippen LogP contribution in [-0.4, -0.2) is 58.6 Å². The number of aromatic hydroxyl groups is 2. The highest BCUT2D eigenvalue weighted by Gasteiger charge is 2.19. The number of hydrogen-bond donors (Lipinski definition) is 2. The third kappa shape index (κ3) is 4.63. The SMILES string of the molecule is CCN(CC)CCCN(CC)C(=O)c1cccc(O)c1O. The Labute approximate surface area is 126 Å². The lowest BCUT2D eigenvalue weighted by Crippen LogP contribution is -2.34. The zero-order valence-electron chi connectivity index (χ0n) is 13.2. The third-order valence-corrected chi connectivity index (χ3v) is 3.71. The fraction of sp³-hybridized carbons (Fsp3) is 0.562. The maximum absolute atomic E-state index is 12.4. The molecule has 1 amide bonds. The second-order valence-corrected chi connectivity index (χ2v) is 4.94. The number of carbonyl (C=O) groups excluding carboxylic acids is 1. The molecule has 0 heterocycles. The Morgan fingerprint density at radius 2 is 1.71 bits per heavy atom. The summed E-state index contributed by atoms with van der Waals surface area (Å²) in [6, 6.07) is 4.46. The molecule has 0 saturated carbocycles. The van der Waals surface area contributed by atoms with Crippen molar-refractivity contribution >= 4 is 5.91 Å². The molecule has 0 atom stereocenters. The molecule has 0 fully saturated rings. The summed E-state index contributed by atoms with van der Waals surface area (Å²) in [5.74, 6) is -0.852. The molecule has 1 aromatic carbocycles. The average molecular weight is 294 g/mol. The van der Waals surface area contributed by atoms with Gasteiger partial charge in [-0.25, -0.2) is 0 Å². The summed E-state index contributed by atoms with van der Waals surface area (Å²) in [4.78, 5) is 16.4. The van der Waals surface area contributed by atoms with E-state index in [0.29, 0.717) is 13.1 Å². The summed E-state index contributed by atoms with van der Waals surface area (Å²) >= 11 is 0. The minimum atomic E-state index is -0.343. The summed E-state index contributed by atoms with van der Waals surface area (Å²) in [5.41, 5.74) is 0.152. The van der Waals surface area contributed by atoms with Gasteiger partial charge in [0.2, 0.25) is 0 Å². The first-order valence-corrected chi connectivity index (χ1v) is 7.57. The summed E-state index contributed by atoms with van der Waals surface area (Å²) in [6.07, 6.45) is 0.890. The fourth-order valence-electron chi connectivity index (χ4n) is 2.30. The van der Waals surface area contributed by atoms with E-state index in [1.54, 1.807) is 11.0 Å². The molecule has 0 bridgehead atoms. The first-order chi connectivity index (χ1) is 10.0. The number of carbonyl (C=O) groups is 1. The van der Waals surface area contributed by atoms with Crippen molar-refractivity contribution in [2.75, 3.05) is 32.7 Å². The average Bonchev–Trinajstić information content (AvgIpc) is 2.50. The first kappa shape index (κ1) is 17.3. The standard InChI is InChI=1S/C16H26N2O3/c1-4-17(5-2)11-8-12-18(6-3)16(21)13-9-7-10-14(19)15(13)20/h7,9-10,19-20H,4-6,8,11-12H2,1-3H3. The molecule has 5 nitrogen and oxygen atoms in total. The lowest BCUT2D eigenvalue weighted by atomic mass is 10.1. The lowest BCUT2D eigenvalue weighted by molar-refractivity contribution is 0.0753. The number of phenolic OH excluding ortho intramolecular Hbond substituents is 2. The molecule has 5 heteroatoms. The van der Waals surface area contributed by atoms with Crippen molar-refractivity contribution in [1.29, 1.82) is 0 Å². The van der Waals surface area contributed by atoms with E-state index in [4.69, 9.17) is 0 Å². The molecule has 0 spiro atoms. The zero-order chi connectivity index (χ0) is 15.8. The largest absolute Gasteiger partial charge is 0.504 e. The maximum atomic E-state index is 12.4. The monoisotopic (exact) mass is 294 g/mol. The molecule has 118 valence electrons. The minimum Gasteiger partial charge on any atom is -0.504 e. The van der Waals surface area contributed by atoms with Crippen LogP contribution in [0.2, 0.25) is 0 Å². The Kier molecular flexibility index (Phi) is 7.02. The molecule has 1 aromatic rings. The van der Waals surface area contributed by atoms with E-state index in [9.17, 15) is 15.0 Å². The van der Waals surface area contributed by atoms with Crippen molar-refractivity contribution < 1.29 is 15.0 Å². The quantitative estimate of drug-likeness (QED) is 0.722. The van der Waals surface area contributed by atoms with Crippen molar-refractivity contribution in [3.63, 3.8) is 0 Å². The van der Waals surface area contributed by atoms with Crippen LogP contribution >= 0.6 is 0 Å². The Bertz CT molecular complexity index is 459. The predicted molar refractivity (Wildman–Crippen MR) is 83.8 cm³/mol. The highest BCUT2D eigenvalue weighted by molar-refractivity contribution is 5.97. The van der Waals surface area contributed by atoms with Gasteiger partial charge in [0.15, 0.2) is 11.5 Å². The van der Waals surface area contributed by atoms with Crippen LogP contribution in [0.15, 0.2) is 18.2 Å². The maximum Gasteiger partial charge on any atom is 0.257 e. The molecule has 0 radical (unpaired) electrons. The van der Waals surface area contributed by atoms with Gasteiger partial charge < -0.3 is 20.0 Å². The van der Waals surface area contributed by atoms with E-state index in [2.05, 4.69) is 18.7 Å². The number of hydrogen-bond acceptors (Lipinski definition) is 4. The zero-order valence-corrected chi connectivity index (χ0v) is 13.2. The van der Waals surface area contributed by atoms with E-state index < -0.39 is 0 Å². The van der Waals surface area contributed by atoms with Gasteiger partial charge in [-0.05, 0) is 45.1 Å². The van der Waals surface area contributed by atoms with Gasteiger partial charge in [-0.1, -0.05) is 19.9 Å². The number of benzene rings is 1. The van der Waals surface area contributed by atoms with Crippen LogP contribution < -0.4 is 0 Å². The van der Waals surface area contributed by atoms with Crippen molar-refractivity contribution in [2.24, 2.45) is 0 Å². The smallest absolute Gasteiger partial charge is 0.257 e. The normalized spacial score (nSPS) is 10.9. The van der Waals surface area contributed by atoms with E-state index >= 15 is 0 Å². The molecule has 1 rings (SSSR count).